The second-order valence-corrected chi connectivity index (χ2v) is 4.38. The van der Waals surface area contributed by atoms with Gasteiger partial charge in [0.05, 0.1) is 12.0 Å². The Labute approximate surface area is 104 Å². The summed E-state index contributed by atoms with van der Waals surface area (Å²) in [7, 11) is 0. The molecule has 0 amide bonds. The second-order valence-electron chi connectivity index (χ2n) is 4.38. The second kappa shape index (κ2) is 9.77. The van der Waals surface area contributed by atoms with Crippen LogP contribution in [0.25, 0.3) is 0 Å². The first kappa shape index (κ1) is 15.6. The number of hydrogen-bond acceptors (Lipinski definition) is 3. The summed E-state index contributed by atoms with van der Waals surface area (Å²) in [5.41, 5.74) is 0. The molecule has 0 heterocycles. The van der Waals surface area contributed by atoms with Crippen molar-refractivity contribution in [3.8, 4) is 6.07 Å². The van der Waals surface area contributed by atoms with Crippen molar-refractivity contribution in [2.45, 2.75) is 52.4 Å². The number of allylic oxidation sites excluding steroid dienone is 2. The average molecular weight is 235 g/mol. The molecule has 3 nitrogen and oxygen atoms in total. The van der Waals surface area contributed by atoms with Crippen molar-refractivity contribution >= 4 is 11.6 Å². The van der Waals surface area contributed by atoms with Crippen molar-refractivity contribution in [2.75, 3.05) is 0 Å². The van der Waals surface area contributed by atoms with E-state index in [-0.39, 0.29) is 17.5 Å². The first-order valence-electron chi connectivity index (χ1n) is 6.09. The number of hydrogen-bond donors (Lipinski definition) is 0. The predicted molar refractivity (Wildman–Crippen MR) is 67.3 cm³/mol. The minimum Gasteiger partial charge on any atom is -0.300 e. The van der Waals surface area contributed by atoms with Crippen LogP contribution in [0, 0.1) is 17.2 Å². The zero-order valence-electron chi connectivity index (χ0n) is 10.7. The highest BCUT2D eigenvalue weighted by Crippen LogP contribution is 2.12. The van der Waals surface area contributed by atoms with Gasteiger partial charge in [-0.1, -0.05) is 12.2 Å². The third kappa shape index (κ3) is 10.8. The van der Waals surface area contributed by atoms with E-state index in [1.165, 1.54) is 6.92 Å². The normalized spacial score (nSPS) is 12.3. The number of unbranched alkanes of at least 4 members (excludes halogenated alkanes) is 1. The molecular formula is C14H21NO2. The van der Waals surface area contributed by atoms with Gasteiger partial charge < -0.3 is 4.79 Å². The lowest BCUT2D eigenvalue weighted by molar-refractivity contribution is -0.118. The lowest BCUT2D eigenvalue weighted by Crippen LogP contribution is -2.03. The van der Waals surface area contributed by atoms with Crippen LogP contribution < -0.4 is 0 Å². The van der Waals surface area contributed by atoms with Crippen molar-refractivity contribution in [1.82, 2.24) is 0 Å². The molecule has 0 fully saturated rings. The smallest absolute Gasteiger partial charge is 0.131 e. The molecule has 0 saturated heterocycles. The van der Waals surface area contributed by atoms with Crippen LogP contribution in [0.1, 0.15) is 52.4 Å². The fourth-order valence-electron chi connectivity index (χ4n) is 1.56. The van der Waals surface area contributed by atoms with Gasteiger partial charge >= 0.3 is 0 Å². The molecule has 0 aromatic heterocycles. The van der Waals surface area contributed by atoms with E-state index in [0.717, 1.165) is 25.7 Å². The summed E-state index contributed by atoms with van der Waals surface area (Å²) in [6, 6.07) is 2.16. The van der Waals surface area contributed by atoms with Crippen molar-refractivity contribution in [1.29, 1.82) is 5.26 Å². The lowest BCUT2D eigenvalue weighted by Gasteiger charge is -2.04. The van der Waals surface area contributed by atoms with Crippen molar-refractivity contribution in [3.05, 3.63) is 12.2 Å². The lowest BCUT2D eigenvalue weighted by atomic mass is 9.98. The molecule has 0 spiro atoms. The molecule has 0 aliphatic rings. The van der Waals surface area contributed by atoms with Gasteiger partial charge in [0.1, 0.15) is 11.6 Å². The van der Waals surface area contributed by atoms with E-state index < -0.39 is 0 Å². The fourth-order valence-corrected chi connectivity index (χ4v) is 1.56. The SMILES string of the molecule is CC(=O)CC/C=C/CCCC(C#N)CC(C)=O. The van der Waals surface area contributed by atoms with Gasteiger partial charge in [0.15, 0.2) is 0 Å². The Morgan fingerprint density at radius 1 is 1.18 bits per heavy atom. The summed E-state index contributed by atoms with van der Waals surface area (Å²) < 4.78 is 0. The first-order chi connectivity index (χ1) is 8.06. The van der Waals surface area contributed by atoms with Crippen molar-refractivity contribution in [3.63, 3.8) is 0 Å². The molecule has 0 saturated carbocycles. The molecule has 0 bridgehead atoms. The summed E-state index contributed by atoms with van der Waals surface area (Å²) in [5, 5.41) is 8.82. The highest BCUT2D eigenvalue weighted by Gasteiger charge is 2.08. The number of nitriles is 1. The summed E-state index contributed by atoms with van der Waals surface area (Å²) in [6.45, 7) is 3.11. The summed E-state index contributed by atoms with van der Waals surface area (Å²) in [5.74, 6) is 0.146. The van der Waals surface area contributed by atoms with E-state index in [4.69, 9.17) is 5.26 Å². The van der Waals surface area contributed by atoms with Crippen LogP contribution in [0.4, 0.5) is 0 Å². The Kier molecular flexibility index (Phi) is 8.95. The summed E-state index contributed by atoms with van der Waals surface area (Å²) >= 11 is 0. The number of rotatable bonds is 9. The largest absolute Gasteiger partial charge is 0.300 e. The predicted octanol–water partition coefficient (Wildman–Crippen LogP) is 3.20. The molecule has 0 aromatic rings. The molecule has 94 valence electrons. The minimum absolute atomic E-state index is 0.0774. The third-order valence-corrected chi connectivity index (χ3v) is 2.47. The molecular weight excluding hydrogens is 214 g/mol. The van der Waals surface area contributed by atoms with Gasteiger partial charge in [-0.15, -0.1) is 0 Å². The van der Waals surface area contributed by atoms with E-state index in [1.807, 2.05) is 12.2 Å². The van der Waals surface area contributed by atoms with E-state index in [1.54, 1.807) is 6.92 Å². The Bertz CT molecular complexity index is 313. The number of nitrogens with zero attached hydrogens (tertiary/aromatic N) is 1. The van der Waals surface area contributed by atoms with E-state index in [0.29, 0.717) is 12.8 Å². The monoisotopic (exact) mass is 235 g/mol. The van der Waals surface area contributed by atoms with Crippen LogP contribution in [0.2, 0.25) is 0 Å². The van der Waals surface area contributed by atoms with Gasteiger partial charge in [-0.05, 0) is 39.5 Å². The van der Waals surface area contributed by atoms with Crippen LogP contribution >= 0.6 is 0 Å². The van der Waals surface area contributed by atoms with Gasteiger partial charge in [-0.3, -0.25) is 4.79 Å². The van der Waals surface area contributed by atoms with Gasteiger partial charge in [0.25, 0.3) is 0 Å². The van der Waals surface area contributed by atoms with E-state index >= 15 is 0 Å². The molecule has 0 aliphatic carbocycles. The molecule has 1 unspecified atom stereocenters. The molecule has 1 atom stereocenters. The standard InChI is InChI=1S/C14H21NO2/c1-12(16)8-6-4-3-5-7-9-14(11-15)10-13(2)17/h3-4,14H,5-10H2,1-2H3/b4-3+. The number of carbonyl (C=O) groups is 2. The zero-order valence-corrected chi connectivity index (χ0v) is 10.7. The van der Waals surface area contributed by atoms with Crippen molar-refractivity contribution in [2.24, 2.45) is 5.92 Å². The highest BCUT2D eigenvalue weighted by molar-refractivity contribution is 5.76. The minimum atomic E-state index is -0.141. The number of carbonyl (C=O) groups excluding carboxylic acids is 2. The molecule has 0 rings (SSSR count). The highest BCUT2D eigenvalue weighted by atomic mass is 16.1. The van der Waals surface area contributed by atoms with Crippen LogP contribution in [-0.2, 0) is 9.59 Å². The van der Waals surface area contributed by atoms with Gasteiger partial charge in [0.2, 0.25) is 0 Å². The Balaban J connectivity index is 3.58. The number of Topliss-reactive ketones (excluding diaryl/α,β-unsaturated/α-hetero) is 2. The van der Waals surface area contributed by atoms with E-state index in [2.05, 4.69) is 6.07 Å². The Morgan fingerprint density at radius 3 is 2.35 bits per heavy atom. The maximum atomic E-state index is 10.9. The van der Waals surface area contributed by atoms with Gasteiger partial charge in [-0.2, -0.15) is 5.26 Å². The quantitative estimate of drug-likeness (QED) is 0.455. The molecule has 0 N–H and O–H groups in total. The first-order valence-corrected chi connectivity index (χ1v) is 6.09. The zero-order chi connectivity index (χ0) is 13.1. The van der Waals surface area contributed by atoms with Gasteiger partial charge in [-0.25, -0.2) is 0 Å². The Hall–Kier alpha value is -1.43. The average Bonchev–Trinajstić information content (AvgIpc) is 2.25. The summed E-state index contributed by atoms with van der Waals surface area (Å²) in [4.78, 5) is 21.5. The number of ketones is 2. The third-order valence-electron chi connectivity index (χ3n) is 2.47. The van der Waals surface area contributed by atoms with Gasteiger partial charge in [0, 0.05) is 12.8 Å². The fraction of sp³-hybridized carbons (Fsp3) is 0.643. The summed E-state index contributed by atoms with van der Waals surface area (Å²) in [6.07, 6.45) is 8.42. The van der Waals surface area contributed by atoms with Crippen molar-refractivity contribution < 1.29 is 9.59 Å². The maximum Gasteiger partial charge on any atom is 0.131 e. The molecule has 17 heavy (non-hydrogen) atoms. The van der Waals surface area contributed by atoms with Crippen LogP contribution in [0.15, 0.2) is 12.2 Å². The topological polar surface area (TPSA) is 57.9 Å². The molecule has 0 aromatic carbocycles. The van der Waals surface area contributed by atoms with Crippen LogP contribution in [0.5, 0.6) is 0 Å². The maximum absolute atomic E-state index is 10.9. The Morgan fingerprint density at radius 2 is 1.82 bits per heavy atom. The molecule has 3 heteroatoms. The van der Waals surface area contributed by atoms with Crippen LogP contribution in [0.3, 0.4) is 0 Å². The van der Waals surface area contributed by atoms with Crippen LogP contribution in [-0.4, -0.2) is 11.6 Å². The molecule has 0 aliphatic heterocycles. The van der Waals surface area contributed by atoms with E-state index in [9.17, 15) is 9.59 Å². The molecule has 0 radical (unpaired) electrons.